The smallest absolute Gasteiger partial charge is 0.255 e. The summed E-state index contributed by atoms with van der Waals surface area (Å²) >= 11 is 6.29. The lowest BCUT2D eigenvalue weighted by Crippen LogP contribution is -2.52. The SMILES string of the molecule is CN(CCOc1ccc(C(=C(CCCl)c2ccccc2)c2ccccc2)cc1)C(=O)CCOCCC(=O)Nc1cccc2c1CN(C1CCC(=O)NC1=O)C2=O. The predicted molar refractivity (Wildman–Crippen MR) is 215 cm³/mol. The van der Waals surface area contributed by atoms with Gasteiger partial charge in [0.15, 0.2) is 0 Å². The van der Waals surface area contributed by atoms with E-state index in [0.29, 0.717) is 48.0 Å². The predicted octanol–water partition coefficient (Wildman–Crippen LogP) is 6.31. The Morgan fingerprint density at radius 1 is 0.821 bits per heavy atom. The zero-order valence-electron chi connectivity index (χ0n) is 31.3. The number of anilines is 1. The van der Waals surface area contributed by atoms with Gasteiger partial charge in [-0.3, -0.25) is 29.3 Å². The molecule has 0 radical (unpaired) electrons. The quantitative estimate of drug-likeness (QED) is 0.0556. The first-order chi connectivity index (χ1) is 27.2. The number of alkyl halides is 1. The summed E-state index contributed by atoms with van der Waals surface area (Å²) in [5.41, 5.74) is 7.09. The molecule has 0 bridgehead atoms. The lowest BCUT2D eigenvalue weighted by molar-refractivity contribution is -0.137. The summed E-state index contributed by atoms with van der Waals surface area (Å²) in [7, 11) is 1.71. The number of nitrogens with zero attached hydrogens (tertiary/aromatic N) is 2. The second-order valence-electron chi connectivity index (χ2n) is 13.6. The van der Waals surface area contributed by atoms with Gasteiger partial charge in [0.05, 0.1) is 32.6 Å². The summed E-state index contributed by atoms with van der Waals surface area (Å²) in [6, 6.07) is 32.8. The number of hydrogen-bond acceptors (Lipinski definition) is 7. The fourth-order valence-electron chi connectivity index (χ4n) is 6.94. The molecule has 1 saturated heterocycles. The molecule has 1 atom stereocenters. The van der Waals surface area contributed by atoms with Crippen molar-refractivity contribution in [3.05, 3.63) is 131 Å². The van der Waals surface area contributed by atoms with Gasteiger partial charge in [0, 0.05) is 42.7 Å². The van der Waals surface area contributed by atoms with Crippen LogP contribution in [-0.2, 0) is 30.5 Å². The van der Waals surface area contributed by atoms with Crippen LogP contribution < -0.4 is 15.4 Å². The third kappa shape index (κ3) is 9.90. The Hall–Kier alpha value is -5.78. The fourth-order valence-corrected chi connectivity index (χ4v) is 7.13. The molecule has 4 aromatic rings. The van der Waals surface area contributed by atoms with Crippen LogP contribution in [-0.4, -0.2) is 84.7 Å². The van der Waals surface area contributed by atoms with Crippen LogP contribution in [0.1, 0.15) is 64.7 Å². The Bertz CT molecular complexity index is 2070. The van der Waals surface area contributed by atoms with Crippen LogP contribution in [0.4, 0.5) is 5.69 Å². The molecule has 0 aromatic heterocycles. The summed E-state index contributed by atoms with van der Waals surface area (Å²) in [4.78, 5) is 65.5. The molecule has 11 nitrogen and oxygen atoms in total. The van der Waals surface area contributed by atoms with Gasteiger partial charge in [-0.1, -0.05) is 78.9 Å². The molecule has 0 spiro atoms. The number of ether oxygens (including phenoxy) is 2. The highest BCUT2D eigenvalue weighted by Crippen LogP contribution is 2.36. The molecule has 4 aromatic carbocycles. The Kier molecular flexibility index (Phi) is 13.7. The van der Waals surface area contributed by atoms with E-state index < -0.39 is 11.9 Å². The number of fused-ring (bicyclic) bond motifs is 1. The number of amides is 5. The van der Waals surface area contributed by atoms with E-state index in [0.717, 1.165) is 22.3 Å². The van der Waals surface area contributed by atoms with Crippen molar-refractivity contribution in [1.29, 1.82) is 0 Å². The van der Waals surface area contributed by atoms with E-state index in [2.05, 4.69) is 34.9 Å². The van der Waals surface area contributed by atoms with Crippen molar-refractivity contribution in [2.45, 2.75) is 44.7 Å². The van der Waals surface area contributed by atoms with E-state index >= 15 is 0 Å². The Morgan fingerprint density at radius 3 is 2.20 bits per heavy atom. The molecule has 5 amide bonds. The number of carbonyl (C=O) groups is 5. The summed E-state index contributed by atoms with van der Waals surface area (Å²) in [6.07, 6.45) is 1.33. The number of likely N-dealkylation sites (N-methyl/N-ethyl adjacent to an activating group) is 1. The third-order valence-corrected chi connectivity index (χ3v) is 10.1. The Balaban J connectivity index is 0.928. The van der Waals surface area contributed by atoms with Crippen molar-refractivity contribution in [2.75, 3.05) is 44.6 Å². The number of hydrogen-bond donors (Lipinski definition) is 2. The van der Waals surface area contributed by atoms with Crippen LogP contribution in [0, 0.1) is 0 Å². The lowest BCUT2D eigenvalue weighted by atomic mass is 9.88. The molecular weight excluding hydrogens is 732 g/mol. The highest BCUT2D eigenvalue weighted by molar-refractivity contribution is 6.18. The minimum Gasteiger partial charge on any atom is -0.492 e. The highest BCUT2D eigenvalue weighted by Gasteiger charge is 2.40. The maximum Gasteiger partial charge on any atom is 0.255 e. The Morgan fingerprint density at radius 2 is 1.50 bits per heavy atom. The maximum atomic E-state index is 13.1. The van der Waals surface area contributed by atoms with E-state index in [1.807, 2.05) is 60.7 Å². The summed E-state index contributed by atoms with van der Waals surface area (Å²) < 4.78 is 11.6. The number of carbonyl (C=O) groups excluding carboxylic acids is 5. The minimum atomic E-state index is -0.741. The molecule has 6 rings (SSSR count). The summed E-state index contributed by atoms with van der Waals surface area (Å²) in [5, 5.41) is 5.13. The normalized spacial score (nSPS) is 15.5. The number of halogens is 1. The molecule has 12 heteroatoms. The topological polar surface area (TPSA) is 134 Å². The fraction of sp³-hybridized carbons (Fsp3) is 0.295. The maximum absolute atomic E-state index is 13.1. The minimum absolute atomic E-state index is 0.0496. The number of rotatable bonds is 17. The van der Waals surface area contributed by atoms with Crippen LogP contribution >= 0.6 is 11.6 Å². The number of imide groups is 1. The zero-order valence-corrected chi connectivity index (χ0v) is 32.1. The van der Waals surface area contributed by atoms with Crippen LogP contribution in [0.15, 0.2) is 103 Å². The van der Waals surface area contributed by atoms with Crippen molar-refractivity contribution >= 4 is 58.0 Å². The van der Waals surface area contributed by atoms with E-state index in [1.165, 1.54) is 10.5 Å². The van der Waals surface area contributed by atoms with Gasteiger partial charge in [0.25, 0.3) is 5.91 Å². The van der Waals surface area contributed by atoms with E-state index in [-0.39, 0.29) is 69.1 Å². The zero-order chi connectivity index (χ0) is 39.4. The average molecular weight is 777 g/mol. The van der Waals surface area contributed by atoms with Gasteiger partial charge in [-0.2, -0.15) is 0 Å². The van der Waals surface area contributed by atoms with Gasteiger partial charge in [0.2, 0.25) is 23.6 Å². The van der Waals surface area contributed by atoms with E-state index in [9.17, 15) is 24.0 Å². The van der Waals surface area contributed by atoms with Crippen molar-refractivity contribution in [1.82, 2.24) is 15.1 Å². The molecule has 0 aliphatic carbocycles. The molecule has 56 heavy (non-hydrogen) atoms. The number of piperidine rings is 1. The lowest BCUT2D eigenvalue weighted by Gasteiger charge is -2.29. The standard InChI is InChI=1S/C44H45ClN4O7/c1-48(25-28-56-33-17-15-32(16-18-33)42(31-11-6-3-7-12-31)34(21-24-45)30-9-4-2-5-10-30)41(52)23-27-55-26-22-40(51)46-37-14-8-13-35-36(37)29-49(44(35)54)38-19-20-39(50)47-43(38)53/h2-18,38H,19-29H2,1H3,(H,46,51)(H,47,50,53). The van der Waals surface area contributed by atoms with Gasteiger partial charge < -0.3 is 24.6 Å². The summed E-state index contributed by atoms with van der Waals surface area (Å²) in [5.74, 6) is -0.383. The van der Waals surface area contributed by atoms with Crippen molar-refractivity contribution in [3.8, 4) is 5.75 Å². The van der Waals surface area contributed by atoms with E-state index in [4.69, 9.17) is 21.1 Å². The number of benzene rings is 4. The molecule has 2 heterocycles. The van der Waals surface area contributed by atoms with Crippen molar-refractivity contribution < 1.29 is 33.4 Å². The molecule has 1 unspecified atom stereocenters. The molecule has 0 saturated carbocycles. The molecule has 1 fully saturated rings. The average Bonchev–Trinajstić information content (AvgIpc) is 3.55. The van der Waals surface area contributed by atoms with E-state index in [1.54, 1.807) is 30.1 Å². The van der Waals surface area contributed by atoms with Crippen LogP contribution in [0.3, 0.4) is 0 Å². The van der Waals surface area contributed by atoms with Crippen LogP contribution in [0.2, 0.25) is 0 Å². The first-order valence-corrected chi connectivity index (χ1v) is 19.3. The van der Waals surface area contributed by atoms with Gasteiger partial charge in [-0.05, 0) is 64.9 Å². The molecule has 290 valence electrons. The Labute approximate surface area is 331 Å². The van der Waals surface area contributed by atoms with Crippen molar-refractivity contribution in [2.24, 2.45) is 0 Å². The van der Waals surface area contributed by atoms with Crippen molar-refractivity contribution in [3.63, 3.8) is 0 Å². The first kappa shape index (κ1) is 39.9. The second kappa shape index (κ2) is 19.2. The molecular formula is C44H45ClN4O7. The third-order valence-electron chi connectivity index (χ3n) is 9.89. The number of allylic oxidation sites excluding steroid dienone is 1. The first-order valence-electron chi connectivity index (χ1n) is 18.7. The number of nitrogens with one attached hydrogen (secondary N) is 2. The van der Waals surface area contributed by atoms with Crippen LogP contribution in [0.5, 0.6) is 5.75 Å². The molecule has 2 aliphatic rings. The second-order valence-corrected chi connectivity index (χ2v) is 14.0. The van der Waals surface area contributed by atoms with Gasteiger partial charge in [0.1, 0.15) is 18.4 Å². The van der Waals surface area contributed by atoms with Gasteiger partial charge in [-0.25, -0.2) is 0 Å². The highest BCUT2D eigenvalue weighted by atomic mass is 35.5. The van der Waals surface area contributed by atoms with Gasteiger partial charge in [-0.15, -0.1) is 11.6 Å². The van der Waals surface area contributed by atoms with Crippen LogP contribution in [0.25, 0.3) is 11.1 Å². The summed E-state index contributed by atoms with van der Waals surface area (Å²) in [6.45, 7) is 1.11. The largest absolute Gasteiger partial charge is 0.492 e. The molecule has 2 aliphatic heterocycles. The molecule has 2 N–H and O–H groups in total. The van der Waals surface area contributed by atoms with Gasteiger partial charge >= 0.3 is 0 Å². The monoisotopic (exact) mass is 776 g/mol.